The Morgan fingerprint density at radius 3 is 2.37 bits per heavy atom. The van der Waals surface area contributed by atoms with Crippen LogP contribution >= 0.6 is 11.8 Å². The molecule has 1 fully saturated rings. The fourth-order valence-electron chi connectivity index (χ4n) is 3.80. The van der Waals surface area contributed by atoms with Crippen LogP contribution in [-0.2, 0) is 4.79 Å². The molecule has 142 valence electrons. The van der Waals surface area contributed by atoms with Crippen LogP contribution in [0.3, 0.4) is 0 Å². The number of fused-ring (bicyclic) bond motifs is 3. The maximum absolute atomic E-state index is 12.7. The van der Waals surface area contributed by atoms with Gasteiger partial charge < -0.3 is 4.90 Å². The molecule has 1 aromatic carbocycles. The highest BCUT2D eigenvalue weighted by Crippen LogP contribution is 2.28. The van der Waals surface area contributed by atoms with Crippen LogP contribution in [0.25, 0.3) is 16.6 Å². The third-order valence-electron chi connectivity index (χ3n) is 5.53. The van der Waals surface area contributed by atoms with Crippen molar-refractivity contribution in [2.45, 2.75) is 51.6 Å². The number of nitrogens with zero attached hydrogens (tertiary/aromatic N) is 4. The number of amides is 1. The van der Waals surface area contributed by atoms with Crippen LogP contribution in [0, 0.1) is 20.8 Å². The van der Waals surface area contributed by atoms with Gasteiger partial charge in [-0.3, -0.25) is 9.20 Å². The number of pyridine rings is 1. The Bertz CT molecular complexity index is 1000. The van der Waals surface area contributed by atoms with E-state index in [0.717, 1.165) is 47.8 Å². The summed E-state index contributed by atoms with van der Waals surface area (Å²) in [6.45, 7) is 8.10. The van der Waals surface area contributed by atoms with Gasteiger partial charge in [0.15, 0.2) is 10.8 Å². The molecule has 1 saturated heterocycles. The fraction of sp³-hybridized carbons (Fsp3) is 0.476. The van der Waals surface area contributed by atoms with Gasteiger partial charge in [0.2, 0.25) is 5.91 Å². The van der Waals surface area contributed by atoms with Gasteiger partial charge in [-0.25, -0.2) is 0 Å². The van der Waals surface area contributed by atoms with Gasteiger partial charge in [0.1, 0.15) is 0 Å². The summed E-state index contributed by atoms with van der Waals surface area (Å²) in [7, 11) is 0. The Morgan fingerprint density at radius 2 is 1.63 bits per heavy atom. The molecule has 5 nitrogen and oxygen atoms in total. The monoisotopic (exact) mass is 382 g/mol. The second-order valence-corrected chi connectivity index (χ2v) is 8.49. The Labute approximate surface area is 164 Å². The maximum atomic E-state index is 12.7. The highest BCUT2D eigenvalue weighted by Gasteiger charge is 2.18. The molecule has 0 aliphatic carbocycles. The Morgan fingerprint density at radius 1 is 0.963 bits per heavy atom. The lowest BCUT2D eigenvalue weighted by Crippen LogP contribution is -2.33. The van der Waals surface area contributed by atoms with Crippen LogP contribution in [0.1, 0.15) is 42.4 Å². The molecular formula is C21H26N4OS. The van der Waals surface area contributed by atoms with Crippen LogP contribution < -0.4 is 0 Å². The quantitative estimate of drug-likeness (QED) is 0.634. The zero-order chi connectivity index (χ0) is 19.0. The third-order valence-corrected chi connectivity index (χ3v) is 6.44. The van der Waals surface area contributed by atoms with Gasteiger partial charge in [0.05, 0.1) is 11.3 Å². The normalized spacial score (nSPS) is 15.4. The van der Waals surface area contributed by atoms with Gasteiger partial charge >= 0.3 is 0 Å². The first-order valence-electron chi connectivity index (χ1n) is 9.71. The minimum Gasteiger partial charge on any atom is -0.342 e. The Balaban J connectivity index is 1.66. The van der Waals surface area contributed by atoms with E-state index < -0.39 is 0 Å². The lowest BCUT2D eigenvalue weighted by Gasteiger charge is -2.19. The predicted molar refractivity (Wildman–Crippen MR) is 110 cm³/mol. The van der Waals surface area contributed by atoms with Crippen LogP contribution in [0.15, 0.2) is 23.4 Å². The number of hydrogen-bond donors (Lipinski definition) is 0. The van der Waals surface area contributed by atoms with E-state index in [1.807, 2.05) is 4.90 Å². The summed E-state index contributed by atoms with van der Waals surface area (Å²) in [4.78, 5) is 14.7. The van der Waals surface area contributed by atoms with E-state index in [2.05, 4.69) is 53.6 Å². The van der Waals surface area contributed by atoms with Crippen molar-refractivity contribution < 1.29 is 4.79 Å². The lowest BCUT2D eigenvalue weighted by atomic mass is 10.0. The summed E-state index contributed by atoms with van der Waals surface area (Å²) in [5.74, 6) is 0.629. The molecule has 2 aromatic heterocycles. The average molecular weight is 383 g/mol. The first kappa shape index (κ1) is 18.3. The molecule has 1 aliphatic rings. The molecule has 0 radical (unpaired) electrons. The Kier molecular flexibility index (Phi) is 5.08. The summed E-state index contributed by atoms with van der Waals surface area (Å²) < 4.78 is 2.11. The largest absolute Gasteiger partial charge is 0.342 e. The number of likely N-dealkylation sites (tertiary alicyclic amines) is 1. The number of carbonyl (C=O) groups is 1. The van der Waals surface area contributed by atoms with Crippen LogP contribution in [-0.4, -0.2) is 44.2 Å². The van der Waals surface area contributed by atoms with Crippen molar-refractivity contribution in [2.24, 2.45) is 0 Å². The van der Waals surface area contributed by atoms with E-state index in [0.29, 0.717) is 5.75 Å². The molecule has 27 heavy (non-hydrogen) atoms. The van der Waals surface area contributed by atoms with Crippen LogP contribution in [0.5, 0.6) is 0 Å². The highest BCUT2D eigenvalue weighted by atomic mass is 32.2. The van der Waals surface area contributed by atoms with Crippen LogP contribution in [0.4, 0.5) is 0 Å². The molecule has 3 aromatic rings. The number of aromatic nitrogens is 3. The topological polar surface area (TPSA) is 50.5 Å². The number of aryl methyl sites for hydroxylation is 3. The van der Waals surface area contributed by atoms with Gasteiger partial charge in [-0.05, 0) is 73.9 Å². The summed E-state index contributed by atoms with van der Waals surface area (Å²) in [5.41, 5.74) is 5.60. The summed E-state index contributed by atoms with van der Waals surface area (Å²) in [5, 5.41) is 10.8. The molecule has 6 heteroatoms. The maximum Gasteiger partial charge on any atom is 0.233 e. The molecule has 1 amide bonds. The van der Waals surface area contributed by atoms with Gasteiger partial charge in [-0.15, -0.1) is 10.2 Å². The second-order valence-electron chi connectivity index (χ2n) is 7.55. The van der Waals surface area contributed by atoms with Crippen molar-refractivity contribution in [3.8, 4) is 0 Å². The van der Waals surface area contributed by atoms with E-state index in [1.165, 1.54) is 41.1 Å². The third kappa shape index (κ3) is 3.55. The van der Waals surface area contributed by atoms with E-state index in [9.17, 15) is 4.79 Å². The van der Waals surface area contributed by atoms with Gasteiger partial charge in [0.25, 0.3) is 0 Å². The zero-order valence-electron chi connectivity index (χ0n) is 16.3. The molecular weight excluding hydrogens is 356 g/mol. The van der Waals surface area contributed by atoms with E-state index >= 15 is 0 Å². The first-order chi connectivity index (χ1) is 13.0. The minimum atomic E-state index is 0.211. The number of carbonyl (C=O) groups excluding carboxylic acids is 1. The molecule has 0 N–H and O–H groups in total. The number of hydrogen-bond acceptors (Lipinski definition) is 4. The van der Waals surface area contributed by atoms with Crippen molar-refractivity contribution in [3.63, 3.8) is 0 Å². The van der Waals surface area contributed by atoms with Crippen molar-refractivity contribution in [3.05, 3.63) is 34.9 Å². The standard InChI is InChI=1S/C21H26N4OS/c1-14-10-17-11-16(3)20-22-23-21(25(20)18(17)12-15(14)2)27-13-19(26)24-8-6-4-5-7-9-24/h10-12H,4-9,13H2,1-3H3. The minimum absolute atomic E-state index is 0.211. The smallest absolute Gasteiger partial charge is 0.233 e. The molecule has 0 saturated carbocycles. The predicted octanol–water partition coefficient (Wildman–Crippen LogP) is 4.30. The van der Waals surface area contributed by atoms with Crippen molar-refractivity contribution in [2.75, 3.05) is 18.8 Å². The van der Waals surface area contributed by atoms with Gasteiger partial charge in [0, 0.05) is 13.1 Å². The van der Waals surface area contributed by atoms with Gasteiger partial charge in [-0.2, -0.15) is 0 Å². The zero-order valence-corrected chi connectivity index (χ0v) is 17.1. The number of thioether (sulfide) groups is 1. The molecule has 0 bridgehead atoms. The summed E-state index contributed by atoms with van der Waals surface area (Å²) in [6.07, 6.45) is 4.70. The van der Waals surface area contributed by atoms with Gasteiger partial charge in [-0.1, -0.05) is 24.6 Å². The average Bonchev–Trinajstić information content (AvgIpc) is 2.88. The lowest BCUT2D eigenvalue weighted by molar-refractivity contribution is -0.128. The molecule has 1 aliphatic heterocycles. The van der Waals surface area contributed by atoms with E-state index in [-0.39, 0.29) is 5.91 Å². The fourth-order valence-corrected chi connectivity index (χ4v) is 4.65. The highest BCUT2D eigenvalue weighted by molar-refractivity contribution is 7.99. The summed E-state index contributed by atoms with van der Waals surface area (Å²) in [6, 6.07) is 6.58. The number of benzene rings is 1. The first-order valence-corrected chi connectivity index (χ1v) is 10.7. The summed E-state index contributed by atoms with van der Waals surface area (Å²) >= 11 is 1.50. The molecule has 0 atom stereocenters. The second kappa shape index (κ2) is 7.50. The SMILES string of the molecule is Cc1cc2cc(C)c3nnc(SCC(=O)N4CCCCCC4)n3c2cc1C. The van der Waals surface area contributed by atoms with Crippen molar-refractivity contribution in [1.29, 1.82) is 0 Å². The number of rotatable bonds is 3. The molecule has 4 rings (SSSR count). The molecule has 3 heterocycles. The van der Waals surface area contributed by atoms with Crippen LogP contribution in [0.2, 0.25) is 0 Å². The van der Waals surface area contributed by atoms with Crippen molar-refractivity contribution in [1.82, 2.24) is 19.5 Å². The Hall–Kier alpha value is -2.08. The van der Waals surface area contributed by atoms with Crippen molar-refractivity contribution >= 4 is 34.2 Å². The van der Waals surface area contributed by atoms with E-state index in [4.69, 9.17) is 0 Å². The molecule has 0 unspecified atom stereocenters. The van der Waals surface area contributed by atoms with E-state index in [1.54, 1.807) is 0 Å². The molecule has 0 spiro atoms.